The minimum atomic E-state index is -2.69. The molecule has 13 saturated heterocycles. The Kier molecular flexibility index (Phi) is 20.6. The molecule has 16 nitrogen and oxygen atoms in total. The average molecular weight is 1100 g/mol. The molecule has 0 aliphatic carbocycles. The molecule has 0 aromatic rings. The lowest BCUT2D eigenvalue weighted by atomic mass is 9.77. The fraction of sp³-hybridized carbons (Fsp3) is 1.00. The summed E-state index contributed by atoms with van der Waals surface area (Å²) in [5.41, 5.74) is 2.21. The maximum Gasteiger partial charge on any atom is 0.158 e. The first kappa shape index (κ1) is 62.0. The van der Waals surface area contributed by atoms with Crippen LogP contribution in [0.3, 0.4) is 0 Å². The molecular formula is C57H109N7O9S2. The van der Waals surface area contributed by atoms with Crippen LogP contribution in [0.2, 0.25) is 0 Å². The second-order valence-corrected chi connectivity index (χ2v) is 32.5. The minimum absolute atomic E-state index is 0.170. The molecular weight excluding hydrogens is 991 g/mol. The third kappa shape index (κ3) is 15.1. The smallest absolute Gasteiger partial charge is 0.158 e. The largest absolute Gasteiger partial charge is 0.381 e. The van der Waals surface area contributed by atoms with Gasteiger partial charge in [0, 0.05) is 149 Å². The summed E-state index contributed by atoms with van der Waals surface area (Å²) >= 11 is 0. The van der Waals surface area contributed by atoms with Crippen molar-refractivity contribution < 1.29 is 40.5 Å². The Balaban J connectivity index is 0.000000128. The molecule has 0 bridgehead atoms. The highest BCUT2D eigenvalue weighted by atomic mass is 32.2. The molecule has 0 saturated carbocycles. The minimum Gasteiger partial charge on any atom is -0.381 e. The third-order valence-electron chi connectivity index (χ3n) is 19.3. The Bertz CT molecular complexity index is 1950. The number of sulfone groups is 2. The van der Waals surface area contributed by atoms with E-state index in [1.807, 2.05) is 0 Å². The van der Waals surface area contributed by atoms with Gasteiger partial charge in [0.05, 0.1) is 80.6 Å². The summed E-state index contributed by atoms with van der Waals surface area (Å²) in [5, 5.41) is 0. The van der Waals surface area contributed by atoms with Gasteiger partial charge in [-0.15, -0.1) is 0 Å². The predicted molar refractivity (Wildman–Crippen MR) is 302 cm³/mol. The summed E-state index contributed by atoms with van der Waals surface area (Å²) in [4.78, 5) is 16.9. The van der Waals surface area contributed by atoms with E-state index in [0.29, 0.717) is 69.3 Å². The van der Waals surface area contributed by atoms with Crippen LogP contribution in [-0.4, -0.2) is 266 Å². The highest BCUT2D eigenvalue weighted by Crippen LogP contribution is 2.44. The van der Waals surface area contributed by atoms with Gasteiger partial charge in [0.25, 0.3) is 0 Å². The molecule has 18 heteroatoms. The number of hydrogen-bond donors (Lipinski definition) is 0. The van der Waals surface area contributed by atoms with Gasteiger partial charge in [-0.2, -0.15) is 0 Å². The molecule has 0 N–H and O–H groups in total. The molecule has 75 heavy (non-hydrogen) atoms. The van der Waals surface area contributed by atoms with E-state index in [1.54, 1.807) is 0 Å². The molecule has 438 valence electrons. The normalized spacial score (nSPS) is 30.9. The Hall–Kier alpha value is -0.580. The van der Waals surface area contributed by atoms with Gasteiger partial charge in [-0.3, -0.25) is 24.5 Å². The van der Waals surface area contributed by atoms with Crippen LogP contribution in [0.4, 0.5) is 0 Å². The van der Waals surface area contributed by atoms with E-state index in [1.165, 1.54) is 78.0 Å². The molecule has 0 radical (unpaired) electrons. The van der Waals surface area contributed by atoms with Crippen molar-refractivity contribution in [2.24, 2.45) is 21.7 Å². The Morgan fingerprint density at radius 2 is 0.773 bits per heavy atom. The van der Waals surface area contributed by atoms with Crippen molar-refractivity contribution in [2.75, 3.05) is 162 Å². The van der Waals surface area contributed by atoms with Crippen molar-refractivity contribution >= 4 is 19.7 Å². The molecule has 0 amide bonds. The lowest BCUT2D eigenvalue weighted by molar-refractivity contribution is -0.227. The van der Waals surface area contributed by atoms with E-state index >= 15 is 0 Å². The van der Waals surface area contributed by atoms with Crippen molar-refractivity contribution in [3.63, 3.8) is 0 Å². The molecule has 13 fully saturated rings. The van der Waals surface area contributed by atoms with Gasteiger partial charge in [-0.1, -0.05) is 0 Å². The lowest BCUT2D eigenvalue weighted by Gasteiger charge is -2.56. The van der Waals surface area contributed by atoms with Crippen molar-refractivity contribution in [2.45, 2.75) is 182 Å². The highest BCUT2D eigenvalue weighted by Gasteiger charge is 2.60. The van der Waals surface area contributed by atoms with Crippen LogP contribution in [0.15, 0.2) is 0 Å². The first-order valence-electron chi connectivity index (χ1n) is 29.6. The first-order valence-corrected chi connectivity index (χ1v) is 33.1. The molecule has 1 atom stereocenters. The van der Waals surface area contributed by atoms with E-state index in [2.05, 4.69) is 131 Å². The maximum atomic E-state index is 11.4. The van der Waals surface area contributed by atoms with Crippen LogP contribution in [-0.2, 0) is 43.4 Å². The van der Waals surface area contributed by atoms with Crippen LogP contribution >= 0.6 is 0 Å². The SMILES string of the molecule is CC(C)N1CC2(C1)CS(=O)(=O)C2.CC(C)N1CC2(CCO2)C1.CC(C)N1CC2(CCS2(=O)=O)C1.CC(C)N1CC2(COC2)C1.CC(C)N1CCC2(CCOC2)C1.CC(C)N1CCC2(COC2)C1.CC(C)N1CCOC1. The van der Waals surface area contributed by atoms with E-state index in [-0.39, 0.29) is 10.2 Å². The van der Waals surface area contributed by atoms with Gasteiger partial charge in [0.15, 0.2) is 19.7 Å². The van der Waals surface area contributed by atoms with Crippen LogP contribution in [0.25, 0.3) is 0 Å². The molecule has 13 aliphatic rings. The van der Waals surface area contributed by atoms with Gasteiger partial charge in [-0.05, 0) is 136 Å². The number of ether oxygens (including phenoxy) is 5. The zero-order chi connectivity index (χ0) is 54.8. The number of likely N-dealkylation sites (tertiary alicyclic amines) is 6. The Morgan fingerprint density at radius 3 is 1.07 bits per heavy atom. The summed E-state index contributed by atoms with van der Waals surface area (Å²) in [6.45, 7) is 54.4. The molecule has 1 unspecified atom stereocenters. The molecule has 13 aliphatic heterocycles. The number of hydrogen-bond acceptors (Lipinski definition) is 16. The van der Waals surface area contributed by atoms with Crippen LogP contribution in [0.5, 0.6) is 0 Å². The maximum absolute atomic E-state index is 11.4. The van der Waals surface area contributed by atoms with E-state index in [4.69, 9.17) is 23.7 Å². The Labute approximate surface area is 457 Å². The van der Waals surface area contributed by atoms with Gasteiger partial charge < -0.3 is 33.5 Å². The lowest BCUT2D eigenvalue weighted by Crippen LogP contribution is -2.72. The van der Waals surface area contributed by atoms with Crippen LogP contribution in [0.1, 0.15) is 129 Å². The van der Waals surface area contributed by atoms with Gasteiger partial charge >= 0.3 is 0 Å². The van der Waals surface area contributed by atoms with E-state index in [0.717, 1.165) is 111 Å². The third-order valence-corrected chi connectivity index (χ3v) is 23.9. The number of nitrogens with zero attached hydrogens (tertiary/aromatic N) is 7. The molecule has 0 aromatic carbocycles. The van der Waals surface area contributed by atoms with Crippen molar-refractivity contribution in [3.8, 4) is 0 Å². The zero-order valence-corrected chi connectivity index (χ0v) is 51.5. The molecule has 6 spiro atoms. The fourth-order valence-corrected chi connectivity index (χ4v) is 16.9. The number of rotatable bonds is 7. The van der Waals surface area contributed by atoms with E-state index < -0.39 is 19.7 Å². The highest BCUT2D eigenvalue weighted by molar-refractivity contribution is 7.94. The van der Waals surface area contributed by atoms with Crippen molar-refractivity contribution in [3.05, 3.63) is 0 Å². The summed E-state index contributed by atoms with van der Waals surface area (Å²) < 4.78 is 70.9. The molecule has 13 heterocycles. The summed E-state index contributed by atoms with van der Waals surface area (Å²) in [6.07, 6.45) is 6.17. The topological polar surface area (TPSA) is 137 Å². The van der Waals surface area contributed by atoms with Gasteiger partial charge in [-0.25, -0.2) is 16.8 Å². The predicted octanol–water partition coefficient (Wildman–Crippen LogP) is 5.30. The average Bonchev–Trinajstić information content (AvgIpc) is 4.06. The monoisotopic (exact) mass is 1100 g/mol. The summed E-state index contributed by atoms with van der Waals surface area (Å²) in [5.74, 6) is 1.28. The standard InChI is InChI=1S/C10H19NO.C9H17NO.2C8H15NO2S.2C8H15NO.C6H13NO/c1-9(2)11-5-3-10(7-11)4-6-12-8-10;1-8(2)10-4-3-9(5-10)6-11-7-9;1-7(2)9-3-8(4-9)5-12(10,11)6-8;1-7(2)9-5-8(6-9)3-4-12(8,10)11;1-7(2)9-3-8(4-9)5-10-6-8;1-7(2)9-5-8(6-9)3-4-10-8;1-6(2)7-3-4-8-5-7/h9H,3-8H2,1-2H3;8H,3-7H2,1-2H3;2*7H,3-6H2,1-2H3;2*7H,3-6H2,1-2H3;6H,3-5H2,1-2H3. The fourth-order valence-electron chi connectivity index (χ4n) is 12.9. The quantitative estimate of drug-likeness (QED) is 0.326. The van der Waals surface area contributed by atoms with Gasteiger partial charge in [0.1, 0.15) is 0 Å². The second kappa shape index (κ2) is 24.9. The second-order valence-electron chi connectivity index (χ2n) is 27.9. The van der Waals surface area contributed by atoms with Crippen LogP contribution in [0, 0.1) is 21.7 Å². The first-order chi connectivity index (χ1) is 35.1. The van der Waals surface area contributed by atoms with E-state index in [9.17, 15) is 16.8 Å². The molecule has 13 rings (SSSR count). The zero-order valence-electron chi connectivity index (χ0n) is 49.9. The summed E-state index contributed by atoms with van der Waals surface area (Å²) in [6, 6.07) is 4.57. The molecule has 0 aromatic heterocycles. The van der Waals surface area contributed by atoms with Crippen molar-refractivity contribution in [1.29, 1.82) is 0 Å². The summed E-state index contributed by atoms with van der Waals surface area (Å²) in [7, 11) is -5.32. The Morgan fingerprint density at radius 1 is 0.360 bits per heavy atom. The van der Waals surface area contributed by atoms with Gasteiger partial charge in [0.2, 0.25) is 0 Å². The van der Waals surface area contributed by atoms with Crippen LogP contribution < -0.4 is 0 Å². The van der Waals surface area contributed by atoms with Crippen molar-refractivity contribution in [1.82, 2.24) is 34.3 Å².